The van der Waals surface area contributed by atoms with Crippen LogP contribution in [-0.4, -0.2) is 17.5 Å². The average Bonchev–Trinajstić information content (AvgIpc) is 2.88. The van der Waals surface area contributed by atoms with Crippen molar-refractivity contribution in [1.29, 1.82) is 0 Å². The first-order chi connectivity index (χ1) is 9.83. The van der Waals surface area contributed by atoms with Gasteiger partial charge in [0.1, 0.15) is 0 Å². The van der Waals surface area contributed by atoms with Crippen LogP contribution in [0, 0.1) is 0 Å². The SMILES string of the molecule is O[C@@H]1C[C@@H](c2ccccc2)[C@@H](/C=C/c2ccccc2)O1. The molecule has 2 heteroatoms. The summed E-state index contributed by atoms with van der Waals surface area (Å²) in [5.74, 6) is 0.214. The fourth-order valence-corrected chi connectivity index (χ4v) is 2.66. The van der Waals surface area contributed by atoms with Crippen LogP contribution >= 0.6 is 0 Å². The summed E-state index contributed by atoms with van der Waals surface area (Å²) in [6, 6.07) is 20.4. The average molecular weight is 266 g/mol. The summed E-state index contributed by atoms with van der Waals surface area (Å²) in [7, 11) is 0. The summed E-state index contributed by atoms with van der Waals surface area (Å²) in [6.07, 6.45) is 3.99. The van der Waals surface area contributed by atoms with Crippen molar-refractivity contribution in [2.24, 2.45) is 0 Å². The Morgan fingerprint density at radius 3 is 2.30 bits per heavy atom. The van der Waals surface area contributed by atoms with Gasteiger partial charge in [0.2, 0.25) is 0 Å². The zero-order valence-electron chi connectivity index (χ0n) is 11.2. The van der Waals surface area contributed by atoms with Gasteiger partial charge in [0, 0.05) is 12.3 Å². The predicted molar refractivity (Wildman–Crippen MR) is 80.2 cm³/mol. The molecule has 0 spiro atoms. The van der Waals surface area contributed by atoms with E-state index in [1.807, 2.05) is 42.5 Å². The van der Waals surface area contributed by atoms with Crippen molar-refractivity contribution in [3.63, 3.8) is 0 Å². The van der Waals surface area contributed by atoms with E-state index in [0.29, 0.717) is 6.42 Å². The van der Waals surface area contributed by atoms with Gasteiger partial charge in [-0.15, -0.1) is 0 Å². The molecule has 0 aromatic heterocycles. The van der Waals surface area contributed by atoms with E-state index in [-0.39, 0.29) is 12.0 Å². The maximum Gasteiger partial charge on any atom is 0.156 e. The molecular formula is C18H18O2. The van der Waals surface area contributed by atoms with Crippen LogP contribution in [0.3, 0.4) is 0 Å². The van der Waals surface area contributed by atoms with Crippen LogP contribution in [0.2, 0.25) is 0 Å². The lowest BCUT2D eigenvalue weighted by molar-refractivity contribution is -0.0780. The van der Waals surface area contributed by atoms with E-state index in [4.69, 9.17) is 4.74 Å². The lowest BCUT2D eigenvalue weighted by Gasteiger charge is -2.14. The highest BCUT2D eigenvalue weighted by atomic mass is 16.6. The van der Waals surface area contributed by atoms with Crippen molar-refractivity contribution >= 4 is 6.08 Å². The molecule has 3 atom stereocenters. The van der Waals surface area contributed by atoms with Crippen molar-refractivity contribution in [1.82, 2.24) is 0 Å². The Labute approximate surface area is 119 Å². The number of ether oxygens (including phenoxy) is 1. The minimum Gasteiger partial charge on any atom is -0.368 e. The van der Waals surface area contributed by atoms with Gasteiger partial charge in [-0.3, -0.25) is 0 Å². The third-order valence-electron chi connectivity index (χ3n) is 3.67. The van der Waals surface area contributed by atoms with E-state index in [1.165, 1.54) is 5.56 Å². The first-order valence-corrected chi connectivity index (χ1v) is 6.94. The molecule has 0 radical (unpaired) electrons. The molecule has 2 aromatic carbocycles. The zero-order valence-corrected chi connectivity index (χ0v) is 11.2. The van der Waals surface area contributed by atoms with Gasteiger partial charge in [-0.2, -0.15) is 0 Å². The Morgan fingerprint density at radius 1 is 0.950 bits per heavy atom. The third-order valence-corrected chi connectivity index (χ3v) is 3.67. The van der Waals surface area contributed by atoms with Gasteiger partial charge in [-0.05, 0) is 11.1 Å². The molecule has 1 saturated heterocycles. The summed E-state index contributed by atoms with van der Waals surface area (Å²) in [5.41, 5.74) is 2.36. The lowest BCUT2D eigenvalue weighted by Crippen LogP contribution is -2.11. The minimum atomic E-state index is -0.675. The second kappa shape index (κ2) is 6.04. The van der Waals surface area contributed by atoms with Crippen LogP contribution in [0.25, 0.3) is 6.08 Å². The third kappa shape index (κ3) is 2.98. The Balaban J connectivity index is 1.79. The van der Waals surface area contributed by atoms with E-state index in [0.717, 1.165) is 5.56 Å². The highest BCUT2D eigenvalue weighted by Gasteiger charge is 2.33. The van der Waals surface area contributed by atoms with E-state index < -0.39 is 6.29 Å². The Bertz CT molecular complexity index is 562. The number of benzene rings is 2. The standard InChI is InChI=1S/C18H18O2/c19-18-13-16(15-9-5-2-6-10-15)17(20-18)12-11-14-7-3-1-4-8-14/h1-12,16-19H,13H2/b12-11+/t16-,17+,18-/m0/s1. The van der Waals surface area contributed by atoms with Crippen molar-refractivity contribution in [3.05, 3.63) is 77.9 Å². The molecule has 0 unspecified atom stereocenters. The first kappa shape index (κ1) is 13.1. The molecular weight excluding hydrogens is 248 g/mol. The van der Waals surface area contributed by atoms with Crippen LogP contribution in [0.5, 0.6) is 0 Å². The van der Waals surface area contributed by atoms with Crippen molar-refractivity contribution in [3.8, 4) is 0 Å². The van der Waals surface area contributed by atoms with Gasteiger partial charge in [0.15, 0.2) is 6.29 Å². The number of hydrogen-bond donors (Lipinski definition) is 1. The number of aliphatic hydroxyl groups is 1. The molecule has 102 valence electrons. The Kier molecular flexibility index (Phi) is 3.95. The molecule has 2 aromatic rings. The molecule has 0 bridgehead atoms. The molecule has 1 N–H and O–H groups in total. The molecule has 2 nitrogen and oxygen atoms in total. The summed E-state index contributed by atoms with van der Waals surface area (Å²) in [4.78, 5) is 0. The summed E-state index contributed by atoms with van der Waals surface area (Å²) in [5, 5.41) is 9.77. The van der Waals surface area contributed by atoms with Crippen molar-refractivity contribution in [2.45, 2.75) is 24.7 Å². The van der Waals surface area contributed by atoms with Crippen LogP contribution in [0.15, 0.2) is 66.7 Å². The second-order valence-corrected chi connectivity index (χ2v) is 5.08. The first-order valence-electron chi connectivity index (χ1n) is 6.94. The van der Waals surface area contributed by atoms with Gasteiger partial charge in [0.25, 0.3) is 0 Å². The molecule has 1 aliphatic heterocycles. The highest BCUT2D eigenvalue weighted by molar-refractivity contribution is 5.50. The number of rotatable bonds is 3. The van der Waals surface area contributed by atoms with Gasteiger partial charge in [0.05, 0.1) is 6.10 Å². The van der Waals surface area contributed by atoms with E-state index in [2.05, 4.69) is 30.3 Å². The normalized spacial score (nSPS) is 26.1. The van der Waals surface area contributed by atoms with Gasteiger partial charge in [-0.25, -0.2) is 0 Å². The van der Waals surface area contributed by atoms with Gasteiger partial charge < -0.3 is 9.84 Å². The van der Waals surface area contributed by atoms with Gasteiger partial charge >= 0.3 is 0 Å². The molecule has 0 saturated carbocycles. The van der Waals surface area contributed by atoms with Crippen LogP contribution in [0.4, 0.5) is 0 Å². The summed E-state index contributed by atoms with van der Waals surface area (Å²) < 4.78 is 5.62. The molecule has 3 rings (SSSR count). The lowest BCUT2D eigenvalue weighted by atomic mass is 9.92. The summed E-state index contributed by atoms with van der Waals surface area (Å²) >= 11 is 0. The number of hydrogen-bond acceptors (Lipinski definition) is 2. The van der Waals surface area contributed by atoms with Crippen molar-refractivity contribution < 1.29 is 9.84 Å². The number of aliphatic hydroxyl groups excluding tert-OH is 1. The van der Waals surface area contributed by atoms with E-state index >= 15 is 0 Å². The fourth-order valence-electron chi connectivity index (χ4n) is 2.66. The smallest absolute Gasteiger partial charge is 0.156 e. The molecule has 20 heavy (non-hydrogen) atoms. The molecule has 1 fully saturated rings. The van der Waals surface area contributed by atoms with E-state index in [9.17, 15) is 5.11 Å². The monoisotopic (exact) mass is 266 g/mol. The maximum atomic E-state index is 9.77. The predicted octanol–water partition coefficient (Wildman–Crippen LogP) is 3.59. The van der Waals surface area contributed by atoms with Gasteiger partial charge in [-0.1, -0.05) is 72.8 Å². The Morgan fingerprint density at radius 2 is 1.60 bits per heavy atom. The van der Waals surface area contributed by atoms with Crippen LogP contribution in [-0.2, 0) is 4.74 Å². The molecule has 0 aliphatic carbocycles. The van der Waals surface area contributed by atoms with E-state index in [1.54, 1.807) is 0 Å². The molecule has 0 amide bonds. The largest absolute Gasteiger partial charge is 0.368 e. The molecule has 1 aliphatic rings. The quantitative estimate of drug-likeness (QED) is 0.920. The highest BCUT2D eigenvalue weighted by Crippen LogP contribution is 2.35. The topological polar surface area (TPSA) is 29.5 Å². The summed E-state index contributed by atoms with van der Waals surface area (Å²) in [6.45, 7) is 0. The molecule has 1 heterocycles. The van der Waals surface area contributed by atoms with Crippen LogP contribution < -0.4 is 0 Å². The second-order valence-electron chi connectivity index (χ2n) is 5.08. The van der Waals surface area contributed by atoms with Crippen molar-refractivity contribution in [2.75, 3.05) is 0 Å². The Hall–Kier alpha value is -1.90. The zero-order chi connectivity index (χ0) is 13.8. The fraction of sp³-hybridized carbons (Fsp3) is 0.222. The maximum absolute atomic E-state index is 9.77. The van der Waals surface area contributed by atoms with Crippen LogP contribution in [0.1, 0.15) is 23.5 Å². The minimum absolute atomic E-state index is 0.0763.